The van der Waals surface area contributed by atoms with Gasteiger partial charge in [0.25, 0.3) is 0 Å². The van der Waals surface area contributed by atoms with E-state index in [4.69, 9.17) is 14.9 Å². The number of hydrogen-bond donors (Lipinski definition) is 1. The van der Waals surface area contributed by atoms with Crippen LogP contribution in [0.5, 0.6) is 0 Å². The van der Waals surface area contributed by atoms with Crippen molar-refractivity contribution in [2.75, 3.05) is 6.61 Å². The van der Waals surface area contributed by atoms with Gasteiger partial charge < -0.3 is 14.9 Å². The second kappa shape index (κ2) is 6.06. The molecule has 3 nitrogen and oxygen atoms in total. The van der Waals surface area contributed by atoms with Crippen molar-refractivity contribution in [3.63, 3.8) is 0 Å². The monoisotopic (exact) mass is 223 g/mol. The highest BCUT2D eigenvalue weighted by Crippen LogP contribution is 2.24. The molecule has 0 bridgehead atoms. The summed E-state index contributed by atoms with van der Waals surface area (Å²) in [6.45, 7) is 1.98. The second-order valence-electron chi connectivity index (χ2n) is 4.59. The van der Waals surface area contributed by atoms with E-state index < -0.39 is 0 Å². The summed E-state index contributed by atoms with van der Waals surface area (Å²) in [5.41, 5.74) is 6.66. The van der Waals surface area contributed by atoms with Gasteiger partial charge in [-0.25, -0.2) is 0 Å². The Balaban J connectivity index is 1.71. The minimum Gasteiger partial charge on any atom is -0.468 e. The van der Waals surface area contributed by atoms with Gasteiger partial charge in [0.2, 0.25) is 0 Å². The number of nitrogens with two attached hydrogens (primary N) is 1. The number of hydrogen-bond acceptors (Lipinski definition) is 3. The lowest BCUT2D eigenvalue weighted by molar-refractivity contribution is 0.0731. The van der Waals surface area contributed by atoms with Gasteiger partial charge in [-0.1, -0.05) is 19.3 Å². The zero-order valence-electron chi connectivity index (χ0n) is 9.78. The standard InChI is InChI=1S/C13H21NO2/c14-8-13-12(6-7-16-13)10-15-9-11-4-2-1-3-5-11/h6-7,11H,1-5,8-10,14H2. The maximum Gasteiger partial charge on any atom is 0.122 e. The normalized spacial score (nSPS) is 17.8. The molecule has 1 fully saturated rings. The van der Waals surface area contributed by atoms with E-state index in [0.717, 1.165) is 23.8 Å². The molecular formula is C13H21NO2. The highest BCUT2D eigenvalue weighted by molar-refractivity contribution is 5.15. The fraction of sp³-hybridized carbons (Fsp3) is 0.692. The lowest BCUT2D eigenvalue weighted by Gasteiger charge is -2.21. The number of rotatable bonds is 5. The summed E-state index contributed by atoms with van der Waals surface area (Å²) in [5, 5.41) is 0. The molecule has 90 valence electrons. The average Bonchev–Trinajstić information content (AvgIpc) is 2.78. The van der Waals surface area contributed by atoms with Crippen LogP contribution in [0.2, 0.25) is 0 Å². The smallest absolute Gasteiger partial charge is 0.122 e. The molecule has 1 aliphatic carbocycles. The summed E-state index contributed by atoms with van der Waals surface area (Å²) in [5.74, 6) is 1.62. The van der Waals surface area contributed by atoms with E-state index >= 15 is 0 Å². The van der Waals surface area contributed by atoms with Gasteiger partial charge in [-0.05, 0) is 24.8 Å². The summed E-state index contributed by atoms with van der Waals surface area (Å²) in [7, 11) is 0. The van der Waals surface area contributed by atoms with Crippen LogP contribution in [-0.2, 0) is 17.9 Å². The first-order chi connectivity index (χ1) is 7.90. The van der Waals surface area contributed by atoms with Crippen molar-refractivity contribution in [1.29, 1.82) is 0 Å². The Hall–Kier alpha value is -0.800. The molecule has 0 amide bonds. The van der Waals surface area contributed by atoms with Crippen LogP contribution in [0.1, 0.15) is 43.4 Å². The Kier molecular flexibility index (Phi) is 4.43. The molecule has 0 atom stereocenters. The van der Waals surface area contributed by atoms with Crippen LogP contribution in [0.25, 0.3) is 0 Å². The quantitative estimate of drug-likeness (QED) is 0.835. The zero-order chi connectivity index (χ0) is 11.2. The molecule has 1 aliphatic rings. The molecule has 0 radical (unpaired) electrons. The Morgan fingerprint density at radius 3 is 2.88 bits per heavy atom. The molecule has 1 heterocycles. The van der Waals surface area contributed by atoms with Gasteiger partial charge in [0.1, 0.15) is 5.76 Å². The van der Waals surface area contributed by atoms with Crippen LogP contribution in [0.3, 0.4) is 0 Å². The van der Waals surface area contributed by atoms with E-state index in [-0.39, 0.29) is 0 Å². The molecule has 1 saturated carbocycles. The van der Waals surface area contributed by atoms with E-state index in [1.165, 1.54) is 32.1 Å². The van der Waals surface area contributed by atoms with E-state index in [1.807, 2.05) is 6.07 Å². The fourth-order valence-electron chi connectivity index (χ4n) is 2.36. The largest absolute Gasteiger partial charge is 0.468 e. The van der Waals surface area contributed by atoms with Crippen molar-refractivity contribution in [1.82, 2.24) is 0 Å². The van der Waals surface area contributed by atoms with Crippen LogP contribution >= 0.6 is 0 Å². The van der Waals surface area contributed by atoms with Gasteiger partial charge in [-0.3, -0.25) is 0 Å². The summed E-state index contributed by atoms with van der Waals surface area (Å²) in [6.07, 6.45) is 8.48. The first kappa shape index (κ1) is 11.7. The van der Waals surface area contributed by atoms with E-state index in [1.54, 1.807) is 6.26 Å². The first-order valence-electron chi connectivity index (χ1n) is 6.23. The third-order valence-electron chi connectivity index (χ3n) is 3.36. The summed E-state index contributed by atoms with van der Waals surface area (Å²) < 4.78 is 11.0. The molecule has 16 heavy (non-hydrogen) atoms. The van der Waals surface area contributed by atoms with Crippen molar-refractivity contribution in [3.8, 4) is 0 Å². The molecule has 1 aromatic rings. The Bertz CT molecular complexity index is 303. The maximum atomic E-state index is 5.74. The van der Waals surface area contributed by atoms with E-state index in [9.17, 15) is 0 Å². The fourth-order valence-corrected chi connectivity index (χ4v) is 2.36. The molecule has 0 spiro atoms. The number of furan rings is 1. The van der Waals surface area contributed by atoms with Crippen molar-refractivity contribution in [3.05, 3.63) is 23.7 Å². The number of ether oxygens (including phenoxy) is 1. The van der Waals surface area contributed by atoms with Gasteiger partial charge in [-0.2, -0.15) is 0 Å². The van der Waals surface area contributed by atoms with Crippen molar-refractivity contribution in [2.24, 2.45) is 11.7 Å². The minimum absolute atomic E-state index is 0.453. The molecule has 2 rings (SSSR count). The molecule has 1 aromatic heterocycles. The minimum atomic E-state index is 0.453. The summed E-state index contributed by atoms with van der Waals surface area (Å²) >= 11 is 0. The van der Waals surface area contributed by atoms with E-state index in [0.29, 0.717) is 13.2 Å². The molecule has 0 unspecified atom stereocenters. The van der Waals surface area contributed by atoms with Gasteiger partial charge in [0.05, 0.1) is 19.4 Å². The maximum absolute atomic E-state index is 5.74. The molecule has 0 aromatic carbocycles. The van der Waals surface area contributed by atoms with Crippen molar-refractivity contribution < 1.29 is 9.15 Å². The third kappa shape index (κ3) is 3.09. The van der Waals surface area contributed by atoms with E-state index in [2.05, 4.69) is 0 Å². The third-order valence-corrected chi connectivity index (χ3v) is 3.36. The van der Waals surface area contributed by atoms with Gasteiger partial charge in [0, 0.05) is 12.2 Å². The van der Waals surface area contributed by atoms with Crippen LogP contribution in [0, 0.1) is 5.92 Å². The predicted molar refractivity (Wildman–Crippen MR) is 62.8 cm³/mol. The summed E-state index contributed by atoms with van der Waals surface area (Å²) in [4.78, 5) is 0. The molecule has 0 saturated heterocycles. The summed E-state index contributed by atoms with van der Waals surface area (Å²) in [6, 6.07) is 1.95. The molecule has 2 N–H and O–H groups in total. The van der Waals surface area contributed by atoms with Gasteiger partial charge in [0.15, 0.2) is 0 Å². The second-order valence-corrected chi connectivity index (χ2v) is 4.59. The van der Waals surface area contributed by atoms with Crippen LogP contribution in [0.4, 0.5) is 0 Å². The van der Waals surface area contributed by atoms with Gasteiger partial charge in [-0.15, -0.1) is 0 Å². The Morgan fingerprint density at radius 2 is 2.12 bits per heavy atom. The molecular weight excluding hydrogens is 202 g/mol. The van der Waals surface area contributed by atoms with Gasteiger partial charge >= 0.3 is 0 Å². The highest BCUT2D eigenvalue weighted by atomic mass is 16.5. The van der Waals surface area contributed by atoms with Crippen LogP contribution in [-0.4, -0.2) is 6.61 Å². The highest BCUT2D eigenvalue weighted by Gasteiger charge is 2.13. The first-order valence-corrected chi connectivity index (χ1v) is 6.23. The Labute approximate surface area is 97.0 Å². The van der Waals surface area contributed by atoms with Crippen LogP contribution in [0.15, 0.2) is 16.7 Å². The lowest BCUT2D eigenvalue weighted by Crippen LogP contribution is -2.13. The lowest BCUT2D eigenvalue weighted by atomic mass is 9.90. The SMILES string of the molecule is NCc1occc1COCC1CCCCC1. The topological polar surface area (TPSA) is 48.4 Å². The van der Waals surface area contributed by atoms with Crippen LogP contribution < -0.4 is 5.73 Å². The van der Waals surface area contributed by atoms with Crippen molar-refractivity contribution >= 4 is 0 Å². The average molecular weight is 223 g/mol. The van der Waals surface area contributed by atoms with Crippen molar-refractivity contribution in [2.45, 2.75) is 45.3 Å². The Morgan fingerprint density at radius 1 is 1.31 bits per heavy atom. The molecule has 3 heteroatoms. The molecule has 0 aliphatic heterocycles. The predicted octanol–water partition coefficient (Wildman–Crippen LogP) is 2.84. The zero-order valence-corrected chi connectivity index (χ0v) is 9.78.